The number of pyridine rings is 1. The molecule has 0 amide bonds. The third-order valence-corrected chi connectivity index (χ3v) is 4.19. The van der Waals surface area contributed by atoms with Crippen LogP contribution in [0.2, 0.25) is 0 Å². The summed E-state index contributed by atoms with van der Waals surface area (Å²) in [5, 5.41) is 4.37. The van der Waals surface area contributed by atoms with Crippen molar-refractivity contribution in [2.24, 2.45) is 7.05 Å². The Morgan fingerprint density at radius 2 is 2.10 bits per heavy atom. The highest BCUT2D eigenvalue weighted by molar-refractivity contribution is 7.15. The van der Waals surface area contributed by atoms with Crippen LogP contribution in [0.3, 0.4) is 0 Å². The van der Waals surface area contributed by atoms with Gasteiger partial charge in [0, 0.05) is 43.5 Å². The van der Waals surface area contributed by atoms with E-state index in [0.29, 0.717) is 0 Å². The fourth-order valence-electron chi connectivity index (χ4n) is 1.91. The van der Waals surface area contributed by atoms with Crippen LogP contribution in [0.1, 0.15) is 18.7 Å². The molecule has 2 aromatic rings. The summed E-state index contributed by atoms with van der Waals surface area (Å²) < 4.78 is 1.57. The molecule has 0 radical (unpaired) electrons. The second-order valence-electron chi connectivity index (χ2n) is 4.50. The van der Waals surface area contributed by atoms with E-state index in [-0.39, 0.29) is 5.56 Å². The van der Waals surface area contributed by atoms with Crippen LogP contribution < -0.4 is 15.8 Å². The van der Waals surface area contributed by atoms with E-state index in [4.69, 9.17) is 0 Å². The van der Waals surface area contributed by atoms with Gasteiger partial charge in [-0.2, -0.15) is 0 Å². The standard InChI is InChI=1S/C14H20N4OS/c1-4-18(5-2)14-16-9-12(20-14)8-15-11-6-7-13(19)17(3)10-11/h6-7,9-10,15H,4-5,8H2,1-3H3. The normalized spacial score (nSPS) is 10.6. The number of hydrogen-bond donors (Lipinski definition) is 1. The number of thiazole rings is 1. The maximum absolute atomic E-state index is 11.3. The number of nitrogens with one attached hydrogen (secondary N) is 1. The molecule has 5 nitrogen and oxygen atoms in total. The third kappa shape index (κ3) is 3.39. The van der Waals surface area contributed by atoms with Gasteiger partial charge in [-0.15, -0.1) is 11.3 Å². The van der Waals surface area contributed by atoms with E-state index >= 15 is 0 Å². The van der Waals surface area contributed by atoms with E-state index in [1.54, 1.807) is 41.3 Å². The third-order valence-electron chi connectivity index (χ3n) is 3.13. The molecule has 0 aliphatic carbocycles. The number of hydrogen-bond acceptors (Lipinski definition) is 5. The summed E-state index contributed by atoms with van der Waals surface area (Å²) in [4.78, 5) is 19.2. The highest BCUT2D eigenvalue weighted by atomic mass is 32.1. The van der Waals surface area contributed by atoms with E-state index in [9.17, 15) is 4.79 Å². The second-order valence-corrected chi connectivity index (χ2v) is 5.60. The summed E-state index contributed by atoms with van der Waals surface area (Å²) in [5.41, 5.74) is 0.932. The molecule has 0 saturated heterocycles. The first-order chi connectivity index (χ1) is 9.63. The lowest BCUT2D eigenvalue weighted by atomic mass is 10.4. The number of aryl methyl sites for hydroxylation is 1. The molecule has 0 aliphatic rings. The lowest BCUT2D eigenvalue weighted by molar-refractivity contribution is 0.859. The largest absolute Gasteiger partial charge is 0.379 e. The Morgan fingerprint density at radius 1 is 1.35 bits per heavy atom. The number of nitrogens with zero attached hydrogens (tertiary/aromatic N) is 3. The van der Waals surface area contributed by atoms with Gasteiger partial charge in [0.25, 0.3) is 0 Å². The summed E-state index contributed by atoms with van der Waals surface area (Å²) in [7, 11) is 1.75. The average molecular weight is 292 g/mol. The first-order valence-electron chi connectivity index (χ1n) is 6.74. The second kappa shape index (κ2) is 6.56. The van der Waals surface area contributed by atoms with Gasteiger partial charge in [0.2, 0.25) is 5.56 Å². The van der Waals surface area contributed by atoms with E-state index in [1.807, 2.05) is 6.20 Å². The summed E-state index contributed by atoms with van der Waals surface area (Å²) >= 11 is 1.70. The van der Waals surface area contributed by atoms with Crippen LogP contribution >= 0.6 is 11.3 Å². The van der Waals surface area contributed by atoms with Crippen LogP contribution in [0.4, 0.5) is 10.8 Å². The summed E-state index contributed by atoms with van der Waals surface area (Å²) in [6.45, 7) is 6.92. The fourth-order valence-corrected chi connectivity index (χ4v) is 2.88. The molecule has 6 heteroatoms. The van der Waals surface area contributed by atoms with Crippen molar-refractivity contribution in [3.05, 3.63) is 39.8 Å². The Balaban J connectivity index is 2.00. The molecule has 2 heterocycles. The monoisotopic (exact) mass is 292 g/mol. The predicted octanol–water partition coefficient (Wildman–Crippen LogP) is 2.30. The van der Waals surface area contributed by atoms with E-state index in [2.05, 4.69) is 29.0 Å². The van der Waals surface area contributed by atoms with Crippen LogP contribution in [0.15, 0.2) is 29.3 Å². The molecular weight excluding hydrogens is 272 g/mol. The van der Waals surface area contributed by atoms with Crippen molar-refractivity contribution in [2.45, 2.75) is 20.4 Å². The number of anilines is 2. The van der Waals surface area contributed by atoms with E-state index in [1.165, 1.54) is 4.88 Å². The SMILES string of the molecule is CCN(CC)c1ncc(CNc2ccc(=O)n(C)c2)s1. The Kier molecular flexibility index (Phi) is 4.79. The summed E-state index contributed by atoms with van der Waals surface area (Å²) in [6.07, 6.45) is 3.71. The molecule has 108 valence electrons. The minimum Gasteiger partial charge on any atom is -0.379 e. The Morgan fingerprint density at radius 3 is 2.75 bits per heavy atom. The topological polar surface area (TPSA) is 50.2 Å². The van der Waals surface area contributed by atoms with Crippen molar-refractivity contribution in [3.8, 4) is 0 Å². The first kappa shape index (κ1) is 14.6. The lowest BCUT2D eigenvalue weighted by Crippen LogP contribution is -2.21. The molecule has 0 unspecified atom stereocenters. The zero-order chi connectivity index (χ0) is 14.5. The van der Waals surface area contributed by atoms with Crippen molar-refractivity contribution in [2.75, 3.05) is 23.3 Å². The fraction of sp³-hybridized carbons (Fsp3) is 0.429. The van der Waals surface area contributed by atoms with Crippen LogP contribution in [0.25, 0.3) is 0 Å². The molecule has 0 spiro atoms. The van der Waals surface area contributed by atoms with Crippen molar-refractivity contribution in [1.29, 1.82) is 0 Å². The quantitative estimate of drug-likeness (QED) is 0.887. The van der Waals surface area contributed by atoms with E-state index in [0.717, 1.165) is 30.5 Å². The molecule has 0 saturated carbocycles. The van der Waals surface area contributed by atoms with Crippen molar-refractivity contribution in [1.82, 2.24) is 9.55 Å². The van der Waals surface area contributed by atoms with Crippen molar-refractivity contribution >= 4 is 22.2 Å². The number of aromatic nitrogens is 2. The highest BCUT2D eigenvalue weighted by Gasteiger charge is 2.07. The van der Waals surface area contributed by atoms with Gasteiger partial charge in [-0.25, -0.2) is 4.98 Å². The highest BCUT2D eigenvalue weighted by Crippen LogP contribution is 2.22. The molecule has 20 heavy (non-hydrogen) atoms. The van der Waals surface area contributed by atoms with Gasteiger partial charge in [0.15, 0.2) is 5.13 Å². The Hall–Kier alpha value is -1.82. The van der Waals surface area contributed by atoms with Gasteiger partial charge in [-0.1, -0.05) is 0 Å². The maximum Gasteiger partial charge on any atom is 0.250 e. The number of rotatable bonds is 6. The van der Waals surface area contributed by atoms with Gasteiger partial charge in [-0.3, -0.25) is 4.79 Å². The van der Waals surface area contributed by atoms with Crippen molar-refractivity contribution < 1.29 is 0 Å². The van der Waals surface area contributed by atoms with Gasteiger partial charge in [0.05, 0.1) is 12.2 Å². The first-order valence-corrected chi connectivity index (χ1v) is 7.56. The molecule has 0 aromatic carbocycles. The van der Waals surface area contributed by atoms with Gasteiger partial charge >= 0.3 is 0 Å². The lowest BCUT2D eigenvalue weighted by Gasteiger charge is -2.16. The minimum atomic E-state index is -0.00263. The van der Waals surface area contributed by atoms with Gasteiger partial charge in [0.1, 0.15) is 0 Å². The molecule has 2 rings (SSSR count). The Labute approximate surface area is 122 Å². The Bertz CT molecular complexity index is 616. The molecule has 1 N–H and O–H groups in total. The minimum absolute atomic E-state index is 0.00263. The molecule has 0 atom stereocenters. The zero-order valence-corrected chi connectivity index (χ0v) is 12.9. The molecule has 2 aromatic heterocycles. The average Bonchev–Trinajstić information content (AvgIpc) is 2.90. The van der Waals surface area contributed by atoms with Crippen LogP contribution in [0.5, 0.6) is 0 Å². The molecular formula is C14H20N4OS. The smallest absolute Gasteiger partial charge is 0.250 e. The zero-order valence-electron chi connectivity index (χ0n) is 12.1. The van der Waals surface area contributed by atoms with Crippen LogP contribution in [-0.2, 0) is 13.6 Å². The van der Waals surface area contributed by atoms with Crippen molar-refractivity contribution in [3.63, 3.8) is 0 Å². The summed E-state index contributed by atoms with van der Waals surface area (Å²) in [5.74, 6) is 0. The predicted molar refractivity (Wildman–Crippen MR) is 84.7 cm³/mol. The molecule has 0 aliphatic heterocycles. The molecule has 0 bridgehead atoms. The van der Waals surface area contributed by atoms with Crippen LogP contribution in [-0.4, -0.2) is 22.6 Å². The maximum atomic E-state index is 11.3. The van der Waals surface area contributed by atoms with Gasteiger partial charge in [-0.05, 0) is 19.9 Å². The molecule has 0 fully saturated rings. The van der Waals surface area contributed by atoms with Gasteiger partial charge < -0.3 is 14.8 Å². The van der Waals surface area contributed by atoms with Crippen LogP contribution in [0, 0.1) is 0 Å². The van der Waals surface area contributed by atoms with E-state index < -0.39 is 0 Å². The summed E-state index contributed by atoms with van der Waals surface area (Å²) in [6, 6.07) is 3.37.